The molecule has 2 aromatic heterocycles. The number of allylic oxidation sites excluding steroid dienone is 1. The lowest BCUT2D eigenvalue weighted by Crippen LogP contribution is -2.00. The molecule has 0 spiro atoms. The molecule has 2 rings (SSSR count). The van der Waals surface area contributed by atoms with Gasteiger partial charge in [0.1, 0.15) is 0 Å². The highest BCUT2D eigenvalue weighted by atomic mass is 79.9. The first-order valence-corrected chi connectivity index (χ1v) is 5.84. The third-order valence-electron chi connectivity index (χ3n) is 2.09. The van der Waals surface area contributed by atoms with E-state index in [1.54, 1.807) is 4.52 Å². The van der Waals surface area contributed by atoms with E-state index in [0.717, 1.165) is 16.7 Å². The van der Waals surface area contributed by atoms with Crippen LogP contribution < -0.4 is 5.32 Å². The summed E-state index contributed by atoms with van der Waals surface area (Å²) in [5, 5.41) is 7.46. The molecule has 0 aliphatic heterocycles. The van der Waals surface area contributed by atoms with Crippen LogP contribution in [0, 0.1) is 0 Å². The van der Waals surface area contributed by atoms with Crippen LogP contribution in [0.25, 0.3) is 5.65 Å². The Morgan fingerprint density at radius 3 is 3.06 bits per heavy atom. The average Bonchev–Trinajstić information content (AvgIpc) is 2.61. The van der Waals surface area contributed by atoms with E-state index in [2.05, 4.69) is 51.3 Å². The van der Waals surface area contributed by atoms with E-state index in [1.807, 2.05) is 18.3 Å². The number of fused-ring (bicyclic) bond motifs is 1. The molecule has 0 amide bonds. The minimum atomic E-state index is 0.643. The molecule has 2 heterocycles. The highest BCUT2D eigenvalue weighted by Crippen LogP contribution is 2.16. The van der Waals surface area contributed by atoms with E-state index < -0.39 is 0 Å². The van der Waals surface area contributed by atoms with E-state index in [0.29, 0.717) is 5.95 Å². The summed E-state index contributed by atoms with van der Waals surface area (Å²) in [6.45, 7) is 4.88. The van der Waals surface area contributed by atoms with Crippen LogP contribution in [0.3, 0.4) is 0 Å². The Morgan fingerprint density at radius 1 is 1.56 bits per heavy atom. The van der Waals surface area contributed by atoms with Crippen LogP contribution >= 0.6 is 15.9 Å². The molecule has 0 saturated carbocycles. The molecule has 84 valence electrons. The van der Waals surface area contributed by atoms with E-state index in [9.17, 15) is 0 Å². The second-order valence-corrected chi connectivity index (χ2v) is 4.58. The van der Waals surface area contributed by atoms with Crippen molar-refractivity contribution in [3.8, 4) is 0 Å². The number of rotatable bonds is 3. The standard InChI is InChI=1S/C11H13BrN4/c1-8(2)5-6-13-11-14-10-9(12)4-3-7-16(10)15-11/h3-5,7H,6H2,1-2H3,(H,13,15). The number of hydrogen-bond donors (Lipinski definition) is 1. The summed E-state index contributed by atoms with van der Waals surface area (Å²) in [5.41, 5.74) is 2.10. The van der Waals surface area contributed by atoms with Crippen LogP contribution in [0.15, 0.2) is 34.5 Å². The van der Waals surface area contributed by atoms with Crippen LogP contribution in [0.4, 0.5) is 5.95 Å². The summed E-state index contributed by atoms with van der Waals surface area (Å²) in [5.74, 6) is 0.643. The zero-order chi connectivity index (χ0) is 11.5. The number of nitrogens with one attached hydrogen (secondary N) is 1. The number of aromatic nitrogens is 3. The van der Waals surface area contributed by atoms with Gasteiger partial charge in [-0.05, 0) is 41.9 Å². The summed E-state index contributed by atoms with van der Waals surface area (Å²) in [6.07, 6.45) is 3.97. The molecule has 2 aromatic rings. The van der Waals surface area contributed by atoms with Gasteiger partial charge < -0.3 is 5.32 Å². The minimum absolute atomic E-state index is 0.643. The van der Waals surface area contributed by atoms with E-state index in [-0.39, 0.29) is 0 Å². The number of pyridine rings is 1. The SMILES string of the molecule is CC(C)=CCNc1nc2c(Br)cccn2n1. The van der Waals surface area contributed by atoms with Gasteiger partial charge in [-0.3, -0.25) is 0 Å². The van der Waals surface area contributed by atoms with E-state index in [4.69, 9.17) is 0 Å². The van der Waals surface area contributed by atoms with Gasteiger partial charge in [0.15, 0.2) is 5.65 Å². The molecule has 0 aromatic carbocycles. The zero-order valence-corrected chi connectivity index (χ0v) is 10.8. The lowest BCUT2D eigenvalue weighted by atomic mass is 10.3. The quantitative estimate of drug-likeness (QED) is 0.880. The van der Waals surface area contributed by atoms with Gasteiger partial charge in [0.2, 0.25) is 5.95 Å². The molecule has 4 nitrogen and oxygen atoms in total. The lowest BCUT2D eigenvalue weighted by molar-refractivity contribution is 0.956. The maximum Gasteiger partial charge on any atom is 0.243 e. The fourth-order valence-corrected chi connectivity index (χ4v) is 1.72. The van der Waals surface area contributed by atoms with Crippen molar-refractivity contribution in [2.45, 2.75) is 13.8 Å². The highest BCUT2D eigenvalue weighted by molar-refractivity contribution is 9.10. The van der Waals surface area contributed by atoms with Crippen LogP contribution in [-0.4, -0.2) is 21.1 Å². The molecule has 1 N–H and O–H groups in total. The fourth-order valence-electron chi connectivity index (χ4n) is 1.29. The molecule has 0 radical (unpaired) electrons. The largest absolute Gasteiger partial charge is 0.349 e. The second kappa shape index (κ2) is 4.65. The van der Waals surface area contributed by atoms with Gasteiger partial charge in [-0.2, -0.15) is 4.98 Å². The molecule has 0 unspecified atom stereocenters. The van der Waals surface area contributed by atoms with Gasteiger partial charge in [-0.1, -0.05) is 11.6 Å². The Morgan fingerprint density at radius 2 is 2.38 bits per heavy atom. The molecule has 0 aliphatic carbocycles. The predicted molar refractivity (Wildman–Crippen MR) is 68.6 cm³/mol. The third kappa shape index (κ3) is 2.41. The van der Waals surface area contributed by atoms with Gasteiger partial charge in [0, 0.05) is 12.7 Å². The third-order valence-corrected chi connectivity index (χ3v) is 2.70. The fraction of sp³-hybridized carbons (Fsp3) is 0.273. The van der Waals surface area contributed by atoms with Crippen molar-refractivity contribution < 1.29 is 0 Å². The first-order chi connectivity index (χ1) is 7.66. The van der Waals surface area contributed by atoms with Crippen molar-refractivity contribution in [2.75, 3.05) is 11.9 Å². The molecular weight excluding hydrogens is 268 g/mol. The first-order valence-electron chi connectivity index (χ1n) is 5.05. The van der Waals surface area contributed by atoms with Gasteiger partial charge in [0.05, 0.1) is 4.47 Å². The smallest absolute Gasteiger partial charge is 0.243 e. The summed E-state index contributed by atoms with van der Waals surface area (Å²) in [6, 6.07) is 3.87. The van der Waals surface area contributed by atoms with Crippen LogP contribution in [0.5, 0.6) is 0 Å². The summed E-state index contributed by atoms with van der Waals surface area (Å²) >= 11 is 3.44. The van der Waals surface area contributed by atoms with Gasteiger partial charge in [-0.15, -0.1) is 5.10 Å². The number of halogens is 1. The molecule has 16 heavy (non-hydrogen) atoms. The second-order valence-electron chi connectivity index (χ2n) is 3.72. The molecule has 0 atom stereocenters. The lowest BCUT2D eigenvalue weighted by Gasteiger charge is -1.95. The van der Waals surface area contributed by atoms with Gasteiger partial charge in [-0.25, -0.2) is 4.52 Å². The normalized spacial score (nSPS) is 10.4. The molecule has 5 heteroatoms. The zero-order valence-electron chi connectivity index (χ0n) is 9.24. The van der Waals surface area contributed by atoms with Crippen molar-refractivity contribution in [2.24, 2.45) is 0 Å². The Balaban J connectivity index is 2.20. The molecule has 0 bridgehead atoms. The van der Waals surface area contributed by atoms with Crippen molar-refractivity contribution in [1.82, 2.24) is 14.6 Å². The van der Waals surface area contributed by atoms with Crippen molar-refractivity contribution in [3.63, 3.8) is 0 Å². The summed E-state index contributed by atoms with van der Waals surface area (Å²) in [4.78, 5) is 4.37. The van der Waals surface area contributed by atoms with Gasteiger partial charge >= 0.3 is 0 Å². The molecule has 0 fully saturated rings. The molecule has 0 aliphatic rings. The summed E-state index contributed by atoms with van der Waals surface area (Å²) in [7, 11) is 0. The number of nitrogens with zero attached hydrogens (tertiary/aromatic N) is 3. The Hall–Kier alpha value is -1.36. The van der Waals surface area contributed by atoms with Gasteiger partial charge in [0.25, 0.3) is 0 Å². The monoisotopic (exact) mass is 280 g/mol. The maximum atomic E-state index is 4.37. The Kier molecular flexibility index (Phi) is 3.24. The van der Waals surface area contributed by atoms with Crippen LogP contribution in [0.1, 0.15) is 13.8 Å². The first kappa shape index (κ1) is 11.1. The Bertz CT molecular complexity index is 526. The van der Waals surface area contributed by atoms with Crippen LogP contribution in [0.2, 0.25) is 0 Å². The van der Waals surface area contributed by atoms with E-state index in [1.165, 1.54) is 5.57 Å². The molecular formula is C11H13BrN4. The average molecular weight is 281 g/mol. The van der Waals surface area contributed by atoms with Crippen molar-refractivity contribution in [3.05, 3.63) is 34.5 Å². The minimum Gasteiger partial charge on any atom is -0.349 e. The number of anilines is 1. The topological polar surface area (TPSA) is 42.2 Å². The maximum absolute atomic E-state index is 4.37. The predicted octanol–water partition coefficient (Wildman–Crippen LogP) is 2.87. The summed E-state index contributed by atoms with van der Waals surface area (Å²) < 4.78 is 2.69. The van der Waals surface area contributed by atoms with E-state index >= 15 is 0 Å². The highest BCUT2D eigenvalue weighted by Gasteiger charge is 2.04. The molecule has 0 saturated heterocycles. The van der Waals surface area contributed by atoms with Crippen molar-refractivity contribution >= 4 is 27.5 Å². The van der Waals surface area contributed by atoms with Crippen LogP contribution in [-0.2, 0) is 0 Å². The van der Waals surface area contributed by atoms with Crippen molar-refractivity contribution in [1.29, 1.82) is 0 Å². The number of hydrogen-bond acceptors (Lipinski definition) is 3. The Labute approximate surface area is 103 Å².